The molecule has 0 spiro atoms. The van der Waals surface area contributed by atoms with Crippen LogP contribution >= 0.6 is 0 Å². The molecular weight excluding hydrogens is 270 g/mol. The van der Waals surface area contributed by atoms with Gasteiger partial charge in [-0.25, -0.2) is 4.98 Å². The highest BCUT2D eigenvalue weighted by Gasteiger charge is 2.29. The molecule has 0 bridgehead atoms. The number of nitrogens with zero attached hydrogens (tertiary/aromatic N) is 2. The van der Waals surface area contributed by atoms with Crippen LogP contribution in [0.1, 0.15) is 31.7 Å². The normalized spacial score (nSPS) is 19.1. The number of aromatic nitrogens is 1. The average molecular weight is 291 g/mol. The predicted molar refractivity (Wildman–Crippen MR) is 77.7 cm³/mol. The number of carbonyl (C=O) groups excluding carboxylic acids is 2. The minimum absolute atomic E-state index is 0.0337. The molecule has 1 unspecified atom stereocenters. The molecule has 6 heteroatoms. The Kier molecular flexibility index (Phi) is 5.14. The summed E-state index contributed by atoms with van der Waals surface area (Å²) in [6.07, 6.45) is 3.48. The van der Waals surface area contributed by atoms with Crippen molar-refractivity contribution in [1.82, 2.24) is 15.2 Å². The van der Waals surface area contributed by atoms with Crippen LogP contribution in [0, 0.1) is 0 Å². The van der Waals surface area contributed by atoms with Crippen molar-refractivity contribution < 1.29 is 14.3 Å². The zero-order valence-electron chi connectivity index (χ0n) is 12.5. The van der Waals surface area contributed by atoms with E-state index in [9.17, 15) is 9.59 Å². The van der Waals surface area contributed by atoms with Crippen LogP contribution in [0.15, 0.2) is 18.3 Å². The van der Waals surface area contributed by atoms with Crippen LogP contribution in [-0.2, 0) is 16.1 Å². The van der Waals surface area contributed by atoms with Gasteiger partial charge in [-0.15, -0.1) is 0 Å². The molecule has 1 fully saturated rings. The standard InChI is InChI=1S/C15H21N3O3/c1-3-5-12-15(20)18(9-7-13(19)17-12)10-11-6-4-8-16-14(11)21-2/h4,6,8,12H,3,5,7,9-10H2,1-2H3,(H,17,19). The molecular formula is C15H21N3O3. The monoisotopic (exact) mass is 291 g/mol. The van der Waals surface area contributed by atoms with Crippen molar-refractivity contribution in [2.24, 2.45) is 0 Å². The van der Waals surface area contributed by atoms with E-state index in [4.69, 9.17) is 4.74 Å². The highest BCUT2D eigenvalue weighted by Crippen LogP contribution is 2.18. The van der Waals surface area contributed by atoms with Crippen LogP contribution in [0.25, 0.3) is 0 Å². The molecule has 0 saturated carbocycles. The summed E-state index contributed by atoms with van der Waals surface area (Å²) in [5.41, 5.74) is 0.845. The Morgan fingerprint density at radius 3 is 3.00 bits per heavy atom. The second-order valence-electron chi connectivity index (χ2n) is 5.09. The summed E-state index contributed by atoms with van der Waals surface area (Å²) >= 11 is 0. The molecule has 0 radical (unpaired) electrons. The number of pyridine rings is 1. The SMILES string of the molecule is CCCC1NC(=O)CCN(Cc2cccnc2OC)C1=O. The van der Waals surface area contributed by atoms with E-state index in [0.29, 0.717) is 31.8 Å². The minimum Gasteiger partial charge on any atom is -0.481 e. The van der Waals surface area contributed by atoms with Crippen LogP contribution in [0.5, 0.6) is 5.88 Å². The largest absolute Gasteiger partial charge is 0.481 e. The lowest BCUT2D eigenvalue weighted by Gasteiger charge is -2.24. The smallest absolute Gasteiger partial charge is 0.245 e. The molecule has 6 nitrogen and oxygen atoms in total. The second kappa shape index (κ2) is 7.06. The van der Waals surface area contributed by atoms with E-state index in [0.717, 1.165) is 12.0 Å². The third-order valence-corrected chi connectivity index (χ3v) is 3.54. The third-order valence-electron chi connectivity index (χ3n) is 3.54. The maximum absolute atomic E-state index is 12.5. The van der Waals surface area contributed by atoms with Crippen molar-refractivity contribution in [2.45, 2.75) is 38.8 Å². The van der Waals surface area contributed by atoms with Crippen LogP contribution in [0.2, 0.25) is 0 Å². The number of nitrogens with one attached hydrogen (secondary N) is 1. The van der Waals surface area contributed by atoms with Crippen molar-refractivity contribution in [2.75, 3.05) is 13.7 Å². The molecule has 1 aliphatic heterocycles. The maximum Gasteiger partial charge on any atom is 0.245 e. The summed E-state index contributed by atoms with van der Waals surface area (Å²) in [5.74, 6) is 0.414. The molecule has 0 aromatic carbocycles. The molecule has 2 amide bonds. The van der Waals surface area contributed by atoms with Gasteiger partial charge in [0.2, 0.25) is 17.7 Å². The van der Waals surface area contributed by atoms with Gasteiger partial charge in [-0.05, 0) is 12.5 Å². The second-order valence-corrected chi connectivity index (χ2v) is 5.09. The summed E-state index contributed by atoms with van der Waals surface area (Å²) in [4.78, 5) is 30.1. The van der Waals surface area contributed by atoms with E-state index in [2.05, 4.69) is 10.3 Å². The summed E-state index contributed by atoms with van der Waals surface area (Å²) in [6.45, 7) is 2.83. The van der Waals surface area contributed by atoms with Crippen molar-refractivity contribution >= 4 is 11.8 Å². The predicted octanol–water partition coefficient (Wildman–Crippen LogP) is 1.11. The summed E-state index contributed by atoms with van der Waals surface area (Å²) in [7, 11) is 1.56. The Bertz CT molecular complexity index is 519. The van der Waals surface area contributed by atoms with Gasteiger partial charge in [0.25, 0.3) is 0 Å². The van der Waals surface area contributed by atoms with Gasteiger partial charge in [-0.3, -0.25) is 9.59 Å². The number of carbonyl (C=O) groups is 2. The first-order valence-electron chi connectivity index (χ1n) is 7.21. The molecule has 1 aromatic heterocycles. The fraction of sp³-hybridized carbons (Fsp3) is 0.533. The van der Waals surface area contributed by atoms with Crippen LogP contribution in [0.3, 0.4) is 0 Å². The molecule has 1 saturated heterocycles. The quantitative estimate of drug-likeness (QED) is 0.882. The van der Waals surface area contributed by atoms with Gasteiger partial charge in [-0.1, -0.05) is 19.4 Å². The van der Waals surface area contributed by atoms with Crippen LogP contribution in [-0.4, -0.2) is 41.4 Å². The Balaban J connectivity index is 2.17. The molecule has 1 aliphatic rings. The van der Waals surface area contributed by atoms with Gasteiger partial charge in [0.15, 0.2) is 0 Å². The first-order valence-corrected chi connectivity index (χ1v) is 7.21. The van der Waals surface area contributed by atoms with Crippen molar-refractivity contribution in [3.8, 4) is 5.88 Å². The number of hydrogen-bond donors (Lipinski definition) is 1. The summed E-state index contributed by atoms with van der Waals surface area (Å²) in [6, 6.07) is 3.27. The third kappa shape index (κ3) is 3.71. The van der Waals surface area contributed by atoms with Gasteiger partial charge in [0, 0.05) is 24.7 Å². The number of methoxy groups -OCH3 is 1. The minimum atomic E-state index is -0.423. The Hall–Kier alpha value is -2.11. The number of rotatable bonds is 5. The molecule has 0 aliphatic carbocycles. The Morgan fingerprint density at radius 2 is 2.29 bits per heavy atom. The zero-order valence-corrected chi connectivity index (χ0v) is 12.5. The number of amides is 2. The molecule has 114 valence electrons. The van der Waals surface area contributed by atoms with E-state index in [1.54, 1.807) is 18.2 Å². The molecule has 2 rings (SSSR count). The Labute approximate surface area is 124 Å². The van der Waals surface area contributed by atoms with Gasteiger partial charge < -0.3 is 15.0 Å². The highest BCUT2D eigenvalue weighted by atomic mass is 16.5. The molecule has 21 heavy (non-hydrogen) atoms. The van der Waals surface area contributed by atoms with Gasteiger partial charge >= 0.3 is 0 Å². The van der Waals surface area contributed by atoms with E-state index >= 15 is 0 Å². The highest BCUT2D eigenvalue weighted by molar-refractivity contribution is 5.89. The molecule has 2 heterocycles. The topological polar surface area (TPSA) is 71.5 Å². The van der Waals surface area contributed by atoms with Gasteiger partial charge in [0.05, 0.1) is 13.7 Å². The van der Waals surface area contributed by atoms with Gasteiger partial charge in [0.1, 0.15) is 6.04 Å². The van der Waals surface area contributed by atoms with E-state index in [-0.39, 0.29) is 11.8 Å². The van der Waals surface area contributed by atoms with E-state index in [1.165, 1.54) is 0 Å². The molecule has 1 N–H and O–H groups in total. The zero-order chi connectivity index (χ0) is 15.2. The van der Waals surface area contributed by atoms with Crippen molar-refractivity contribution in [3.63, 3.8) is 0 Å². The first-order chi connectivity index (χ1) is 10.2. The summed E-state index contributed by atoms with van der Waals surface area (Å²) < 4.78 is 5.22. The van der Waals surface area contributed by atoms with Crippen molar-refractivity contribution in [3.05, 3.63) is 23.9 Å². The summed E-state index contributed by atoms with van der Waals surface area (Å²) in [5, 5.41) is 2.80. The molecule has 1 aromatic rings. The lowest BCUT2D eigenvalue weighted by Crippen LogP contribution is -2.44. The van der Waals surface area contributed by atoms with Crippen molar-refractivity contribution in [1.29, 1.82) is 0 Å². The van der Waals surface area contributed by atoms with E-state index < -0.39 is 6.04 Å². The lowest BCUT2D eigenvalue weighted by atomic mass is 10.1. The first kappa shape index (κ1) is 15.3. The number of hydrogen-bond acceptors (Lipinski definition) is 4. The van der Waals surface area contributed by atoms with E-state index in [1.807, 2.05) is 19.1 Å². The fourth-order valence-corrected chi connectivity index (χ4v) is 2.47. The Morgan fingerprint density at radius 1 is 1.48 bits per heavy atom. The van der Waals surface area contributed by atoms with Crippen LogP contribution in [0.4, 0.5) is 0 Å². The lowest BCUT2D eigenvalue weighted by molar-refractivity contribution is -0.134. The van der Waals surface area contributed by atoms with Crippen LogP contribution < -0.4 is 10.1 Å². The maximum atomic E-state index is 12.5. The molecule has 1 atom stereocenters. The fourth-order valence-electron chi connectivity index (χ4n) is 2.47. The number of ether oxygens (including phenoxy) is 1. The van der Waals surface area contributed by atoms with Gasteiger partial charge in [-0.2, -0.15) is 0 Å². The average Bonchev–Trinajstić information content (AvgIpc) is 2.62.